The molecule has 0 aliphatic heterocycles. The van der Waals surface area contributed by atoms with Gasteiger partial charge in [-0.3, -0.25) is 9.59 Å². The third-order valence-electron chi connectivity index (χ3n) is 3.33. The van der Waals surface area contributed by atoms with Crippen LogP contribution in [0.15, 0.2) is 48.5 Å². The molecule has 1 amide bonds. The molecule has 2 aromatic carbocycles. The minimum Gasteiger partial charge on any atom is -0.456 e. The number of hydrogen-bond acceptors (Lipinski definition) is 4. The summed E-state index contributed by atoms with van der Waals surface area (Å²) in [5.74, 6) is -2.24. The summed E-state index contributed by atoms with van der Waals surface area (Å²) in [5.41, 5.74) is 0.452. The number of amides is 1. The lowest BCUT2D eigenvalue weighted by Crippen LogP contribution is -2.40. The SMILES string of the molecule is CC(NC(=O)c1ccccc1Cl)C(=O)OCC(=O)c1ccc(F)cc1. The Balaban J connectivity index is 1.88. The number of benzene rings is 2. The van der Waals surface area contributed by atoms with Gasteiger partial charge >= 0.3 is 5.97 Å². The molecule has 0 radical (unpaired) electrons. The predicted molar refractivity (Wildman–Crippen MR) is 90.1 cm³/mol. The van der Waals surface area contributed by atoms with Crippen LogP contribution in [0.2, 0.25) is 5.02 Å². The molecule has 2 rings (SSSR count). The smallest absolute Gasteiger partial charge is 0.328 e. The van der Waals surface area contributed by atoms with E-state index in [-0.39, 0.29) is 16.1 Å². The lowest BCUT2D eigenvalue weighted by molar-refractivity contribution is -0.144. The number of ketones is 1. The quantitative estimate of drug-likeness (QED) is 0.632. The fourth-order valence-corrected chi connectivity index (χ4v) is 2.18. The summed E-state index contributed by atoms with van der Waals surface area (Å²) in [6.45, 7) is 0.927. The number of carbonyl (C=O) groups excluding carboxylic acids is 3. The average Bonchev–Trinajstić information content (AvgIpc) is 2.60. The van der Waals surface area contributed by atoms with Gasteiger partial charge in [0.05, 0.1) is 10.6 Å². The molecule has 1 unspecified atom stereocenters. The van der Waals surface area contributed by atoms with Crippen LogP contribution in [0.1, 0.15) is 27.6 Å². The van der Waals surface area contributed by atoms with Gasteiger partial charge in [0.25, 0.3) is 5.91 Å². The van der Waals surface area contributed by atoms with Crippen molar-refractivity contribution in [2.45, 2.75) is 13.0 Å². The zero-order chi connectivity index (χ0) is 18.4. The van der Waals surface area contributed by atoms with Crippen LogP contribution in [-0.4, -0.2) is 30.3 Å². The van der Waals surface area contributed by atoms with E-state index in [1.165, 1.54) is 25.1 Å². The number of esters is 1. The monoisotopic (exact) mass is 363 g/mol. The highest BCUT2D eigenvalue weighted by Gasteiger charge is 2.20. The maximum Gasteiger partial charge on any atom is 0.328 e. The molecule has 0 aliphatic rings. The minimum absolute atomic E-state index is 0.224. The van der Waals surface area contributed by atoms with E-state index < -0.39 is 36.1 Å². The van der Waals surface area contributed by atoms with Gasteiger partial charge in [0, 0.05) is 5.56 Å². The summed E-state index contributed by atoms with van der Waals surface area (Å²) in [6, 6.07) is 10.3. The molecule has 2 aromatic rings. The van der Waals surface area contributed by atoms with Gasteiger partial charge in [-0.05, 0) is 43.3 Å². The summed E-state index contributed by atoms with van der Waals surface area (Å²) in [4.78, 5) is 35.8. The van der Waals surface area contributed by atoms with E-state index in [0.717, 1.165) is 12.1 Å². The van der Waals surface area contributed by atoms with Gasteiger partial charge in [-0.1, -0.05) is 23.7 Å². The zero-order valence-electron chi connectivity index (χ0n) is 13.3. The Bertz CT molecular complexity index is 792. The van der Waals surface area contributed by atoms with Gasteiger partial charge in [0.1, 0.15) is 11.9 Å². The van der Waals surface area contributed by atoms with E-state index in [1.54, 1.807) is 18.2 Å². The molecule has 0 saturated heterocycles. The molecule has 130 valence electrons. The van der Waals surface area contributed by atoms with Crippen molar-refractivity contribution in [3.63, 3.8) is 0 Å². The summed E-state index contributed by atoms with van der Waals surface area (Å²) in [6.07, 6.45) is 0. The Morgan fingerprint density at radius 2 is 1.76 bits per heavy atom. The Morgan fingerprint density at radius 1 is 1.12 bits per heavy atom. The van der Waals surface area contributed by atoms with Crippen LogP contribution in [0, 0.1) is 5.82 Å². The van der Waals surface area contributed by atoms with Crippen molar-refractivity contribution < 1.29 is 23.5 Å². The van der Waals surface area contributed by atoms with Gasteiger partial charge < -0.3 is 10.1 Å². The second kappa shape index (κ2) is 8.39. The van der Waals surface area contributed by atoms with Gasteiger partial charge in [-0.15, -0.1) is 0 Å². The van der Waals surface area contributed by atoms with Gasteiger partial charge in [-0.2, -0.15) is 0 Å². The standard InChI is InChI=1S/C18H15ClFNO4/c1-11(21-17(23)14-4-2-3-5-15(14)19)18(24)25-10-16(22)12-6-8-13(20)9-7-12/h2-9,11H,10H2,1H3,(H,21,23). The third-order valence-corrected chi connectivity index (χ3v) is 3.66. The van der Waals surface area contributed by atoms with E-state index in [1.807, 2.05) is 0 Å². The predicted octanol–water partition coefficient (Wildman–Crippen LogP) is 3.02. The van der Waals surface area contributed by atoms with Crippen molar-refractivity contribution in [3.05, 3.63) is 70.5 Å². The lowest BCUT2D eigenvalue weighted by Gasteiger charge is -2.13. The number of halogens is 2. The highest BCUT2D eigenvalue weighted by atomic mass is 35.5. The number of nitrogens with one attached hydrogen (secondary N) is 1. The molecule has 0 heterocycles. The Morgan fingerprint density at radius 3 is 2.40 bits per heavy atom. The normalized spacial score (nSPS) is 11.5. The van der Waals surface area contributed by atoms with Crippen molar-refractivity contribution in [3.8, 4) is 0 Å². The molecule has 7 heteroatoms. The van der Waals surface area contributed by atoms with Crippen LogP contribution < -0.4 is 5.32 Å². The largest absolute Gasteiger partial charge is 0.456 e. The average molecular weight is 364 g/mol. The zero-order valence-corrected chi connectivity index (χ0v) is 14.0. The maximum absolute atomic E-state index is 12.8. The summed E-state index contributed by atoms with van der Waals surface area (Å²) in [7, 11) is 0. The molecule has 25 heavy (non-hydrogen) atoms. The highest BCUT2D eigenvalue weighted by Crippen LogP contribution is 2.14. The number of Topliss-reactive ketones (excluding diaryl/α,β-unsaturated/α-hetero) is 1. The van der Waals surface area contributed by atoms with Crippen LogP contribution in [-0.2, 0) is 9.53 Å². The van der Waals surface area contributed by atoms with Gasteiger partial charge in [0.2, 0.25) is 0 Å². The van der Waals surface area contributed by atoms with E-state index in [9.17, 15) is 18.8 Å². The van der Waals surface area contributed by atoms with Crippen LogP contribution in [0.25, 0.3) is 0 Å². The molecule has 5 nitrogen and oxygen atoms in total. The van der Waals surface area contributed by atoms with E-state index in [4.69, 9.17) is 16.3 Å². The topological polar surface area (TPSA) is 72.5 Å². The van der Waals surface area contributed by atoms with Crippen molar-refractivity contribution >= 4 is 29.3 Å². The van der Waals surface area contributed by atoms with E-state index in [2.05, 4.69) is 5.32 Å². The van der Waals surface area contributed by atoms with Crippen LogP contribution in [0.4, 0.5) is 4.39 Å². The fourth-order valence-electron chi connectivity index (χ4n) is 1.96. The second-order valence-corrected chi connectivity index (χ2v) is 5.62. The van der Waals surface area contributed by atoms with Crippen molar-refractivity contribution in [2.24, 2.45) is 0 Å². The Kier molecular flexibility index (Phi) is 6.25. The van der Waals surface area contributed by atoms with Gasteiger partial charge in [0.15, 0.2) is 12.4 Å². The van der Waals surface area contributed by atoms with E-state index in [0.29, 0.717) is 0 Å². The van der Waals surface area contributed by atoms with Crippen LogP contribution in [0.5, 0.6) is 0 Å². The molecule has 0 fully saturated rings. The van der Waals surface area contributed by atoms with E-state index >= 15 is 0 Å². The molecule has 1 N–H and O–H groups in total. The molecular formula is C18H15ClFNO4. The highest BCUT2D eigenvalue weighted by molar-refractivity contribution is 6.33. The first kappa shape index (κ1) is 18.6. The number of hydrogen-bond donors (Lipinski definition) is 1. The summed E-state index contributed by atoms with van der Waals surface area (Å²) < 4.78 is 17.7. The Labute approximate surface area is 148 Å². The minimum atomic E-state index is -0.968. The second-order valence-electron chi connectivity index (χ2n) is 5.21. The first-order valence-electron chi connectivity index (χ1n) is 7.39. The van der Waals surface area contributed by atoms with Crippen LogP contribution in [0.3, 0.4) is 0 Å². The number of carbonyl (C=O) groups is 3. The molecule has 0 aromatic heterocycles. The van der Waals surface area contributed by atoms with Crippen molar-refractivity contribution in [1.29, 1.82) is 0 Å². The molecular weight excluding hydrogens is 349 g/mol. The van der Waals surface area contributed by atoms with Gasteiger partial charge in [-0.25, -0.2) is 9.18 Å². The lowest BCUT2D eigenvalue weighted by atomic mass is 10.1. The van der Waals surface area contributed by atoms with Crippen LogP contribution >= 0.6 is 11.6 Å². The number of ether oxygens (including phenoxy) is 1. The maximum atomic E-state index is 12.8. The molecule has 0 saturated carbocycles. The first-order valence-corrected chi connectivity index (χ1v) is 7.77. The number of rotatable bonds is 6. The van der Waals surface area contributed by atoms with Crippen molar-refractivity contribution in [2.75, 3.05) is 6.61 Å². The summed E-state index contributed by atoms with van der Waals surface area (Å²) in [5, 5.41) is 2.71. The third kappa shape index (κ3) is 5.12. The first-order chi connectivity index (χ1) is 11.9. The molecule has 0 aliphatic carbocycles. The fraction of sp³-hybridized carbons (Fsp3) is 0.167. The van der Waals surface area contributed by atoms with Crippen molar-refractivity contribution in [1.82, 2.24) is 5.32 Å². The molecule has 1 atom stereocenters. The Hall–Kier alpha value is -2.73. The molecule has 0 bridgehead atoms. The molecule has 0 spiro atoms. The summed E-state index contributed by atoms with van der Waals surface area (Å²) >= 11 is 5.92.